The molecular formula is C20H18F5N3O4. The fourth-order valence-electron chi connectivity index (χ4n) is 3.53. The molecule has 2 aromatic rings. The summed E-state index contributed by atoms with van der Waals surface area (Å²) in [5.74, 6) is -6.50. The molecule has 3 N–H and O–H groups in total. The molecule has 12 heteroatoms. The van der Waals surface area contributed by atoms with Gasteiger partial charge in [-0.2, -0.15) is 17.6 Å². The largest absolute Gasteiger partial charge is 0.493 e. The molecule has 1 aromatic carbocycles. The topological polar surface area (TPSA) is 104 Å². The minimum atomic E-state index is -4.86. The Kier molecular flexibility index (Phi) is 6.09. The molecule has 7 nitrogen and oxygen atoms in total. The second kappa shape index (κ2) is 8.34. The number of carbonyl (C=O) groups excluding carboxylic acids is 2. The van der Waals surface area contributed by atoms with E-state index in [1.54, 1.807) is 0 Å². The highest BCUT2D eigenvalue weighted by Crippen LogP contribution is 2.51. The maximum absolute atomic E-state index is 14.2. The van der Waals surface area contributed by atoms with Crippen molar-refractivity contribution < 1.29 is 41.0 Å². The average molecular weight is 459 g/mol. The molecule has 0 aliphatic carbocycles. The van der Waals surface area contributed by atoms with Crippen LogP contribution in [0.2, 0.25) is 0 Å². The van der Waals surface area contributed by atoms with Crippen LogP contribution >= 0.6 is 0 Å². The summed E-state index contributed by atoms with van der Waals surface area (Å²) < 4.78 is 78.9. The zero-order valence-corrected chi connectivity index (χ0v) is 16.8. The lowest BCUT2D eigenvalue weighted by Crippen LogP contribution is -2.43. The summed E-state index contributed by atoms with van der Waals surface area (Å²) in [7, 11) is 1.03. The molecule has 3 atom stereocenters. The lowest BCUT2D eigenvalue weighted by atomic mass is 9.85. The molecule has 0 unspecified atom stereocenters. The van der Waals surface area contributed by atoms with Crippen molar-refractivity contribution in [2.45, 2.75) is 37.1 Å². The van der Waals surface area contributed by atoms with Gasteiger partial charge in [0.25, 0.3) is 11.8 Å². The van der Waals surface area contributed by atoms with Crippen LogP contribution < -0.4 is 15.8 Å². The van der Waals surface area contributed by atoms with Crippen LogP contribution in [0.5, 0.6) is 5.75 Å². The molecule has 1 aliphatic rings. The van der Waals surface area contributed by atoms with Gasteiger partial charge in [-0.15, -0.1) is 0 Å². The van der Waals surface area contributed by atoms with Crippen LogP contribution in [-0.4, -0.2) is 41.8 Å². The first-order valence-electron chi connectivity index (χ1n) is 9.21. The smallest absolute Gasteiger partial charge is 0.417 e. The molecule has 172 valence electrons. The molecule has 2 amide bonds. The summed E-state index contributed by atoms with van der Waals surface area (Å²) in [6, 6.07) is 4.19. The predicted octanol–water partition coefficient (Wildman–Crippen LogP) is 3.30. The third-order valence-corrected chi connectivity index (χ3v) is 5.18. The Hall–Kier alpha value is -3.28. The number of aromatic nitrogens is 1. The van der Waals surface area contributed by atoms with E-state index in [0.29, 0.717) is 0 Å². The summed E-state index contributed by atoms with van der Waals surface area (Å²) in [6.45, 7) is 0.761. The van der Waals surface area contributed by atoms with Crippen LogP contribution in [0.3, 0.4) is 0 Å². The van der Waals surface area contributed by atoms with Gasteiger partial charge in [-0.25, -0.2) is 4.39 Å². The van der Waals surface area contributed by atoms with Gasteiger partial charge < -0.3 is 20.5 Å². The maximum atomic E-state index is 14.2. The monoisotopic (exact) mass is 459 g/mol. The van der Waals surface area contributed by atoms with Gasteiger partial charge in [0.15, 0.2) is 17.2 Å². The second-order valence-electron chi connectivity index (χ2n) is 7.34. The van der Waals surface area contributed by atoms with Crippen molar-refractivity contribution in [3.63, 3.8) is 0 Å². The Bertz CT molecular complexity index is 1060. The Balaban J connectivity index is 2.01. The number of pyridine rings is 1. The van der Waals surface area contributed by atoms with Crippen molar-refractivity contribution in [1.29, 1.82) is 0 Å². The first-order valence-corrected chi connectivity index (χ1v) is 9.21. The van der Waals surface area contributed by atoms with Crippen molar-refractivity contribution in [3.8, 4) is 5.75 Å². The second-order valence-corrected chi connectivity index (χ2v) is 7.34. The van der Waals surface area contributed by atoms with Crippen molar-refractivity contribution in [2.24, 2.45) is 5.73 Å². The van der Waals surface area contributed by atoms with E-state index in [0.717, 1.165) is 32.2 Å². The summed E-state index contributed by atoms with van der Waals surface area (Å²) in [5.41, 5.74) is 2.07. The number of hydrogen-bond acceptors (Lipinski definition) is 5. The number of alkyl halides is 3. The summed E-state index contributed by atoms with van der Waals surface area (Å²) in [4.78, 5) is 27.9. The van der Waals surface area contributed by atoms with Crippen LogP contribution in [0.1, 0.15) is 35.3 Å². The molecule has 0 saturated carbocycles. The average Bonchev–Trinajstić information content (AvgIpc) is 3.09. The number of benzene rings is 1. The molecule has 0 bridgehead atoms. The van der Waals surface area contributed by atoms with E-state index in [-0.39, 0.29) is 16.9 Å². The Morgan fingerprint density at radius 2 is 1.97 bits per heavy atom. The predicted molar refractivity (Wildman–Crippen MR) is 101 cm³/mol. The quantitative estimate of drug-likeness (QED) is 0.668. The third-order valence-electron chi connectivity index (χ3n) is 5.18. The molecule has 1 fully saturated rings. The minimum Gasteiger partial charge on any atom is -0.493 e. The maximum Gasteiger partial charge on any atom is 0.417 e. The van der Waals surface area contributed by atoms with Gasteiger partial charge in [0, 0.05) is 23.4 Å². The number of methoxy groups -OCH3 is 1. The lowest BCUT2D eigenvalue weighted by molar-refractivity contribution is -0.261. The number of nitrogens with zero attached hydrogens (tertiary/aromatic N) is 1. The number of amides is 2. The number of rotatable bonds is 5. The van der Waals surface area contributed by atoms with Crippen LogP contribution in [-0.2, 0) is 9.53 Å². The number of carbonyl (C=O) groups is 2. The number of ether oxygens (including phenoxy) is 2. The van der Waals surface area contributed by atoms with Crippen LogP contribution in [0.15, 0.2) is 30.5 Å². The Morgan fingerprint density at radius 1 is 1.28 bits per heavy atom. The molecule has 32 heavy (non-hydrogen) atoms. The van der Waals surface area contributed by atoms with Gasteiger partial charge in [-0.05, 0) is 31.5 Å². The fraction of sp³-hybridized carbons (Fsp3) is 0.350. The van der Waals surface area contributed by atoms with E-state index >= 15 is 0 Å². The highest BCUT2D eigenvalue weighted by atomic mass is 19.4. The van der Waals surface area contributed by atoms with E-state index in [9.17, 15) is 31.5 Å². The normalized spacial score (nSPS) is 23.1. The van der Waals surface area contributed by atoms with E-state index in [4.69, 9.17) is 15.2 Å². The minimum absolute atomic E-state index is 0.0269. The first-order chi connectivity index (χ1) is 14.9. The van der Waals surface area contributed by atoms with Crippen LogP contribution in [0.25, 0.3) is 0 Å². The van der Waals surface area contributed by atoms with E-state index in [1.807, 2.05) is 0 Å². The molecule has 1 saturated heterocycles. The van der Waals surface area contributed by atoms with Crippen molar-refractivity contribution in [1.82, 2.24) is 4.98 Å². The number of nitrogens with two attached hydrogens (primary N) is 1. The van der Waals surface area contributed by atoms with Gasteiger partial charge >= 0.3 is 6.18 Å². The molecule has 0 spiro atoms. The highest BCUT2D eigenvalue weighted by molar-refractivity contribution is 5.97. The molecule has 1 aliphatic heterocycles. The number of halogens is 5. The summed E-state index contributed by atoms with van der Waals surface area (Å²) in [6.07, 6.45) is -6.19. The van der Waals surface area contributed by atoms with Crippen molar-refractivity contribution in [3.05, 3.63) is 53.4 Å². The standard InChI is InChI=1S/C20H18F5N3O4/c1-19(20(23,24)25)8-11(10-3-4-12(21)14(22)15(10)31-2)16(32-19)18(30)28-9-5-6-27-13(7-9)17(26)29/h3-7,11,16H,8H2,1-2H3,(H2,26,29)(H,27,28,30)/t11-,16+,19-/m1/s1. The van der Waals surface area contributed by atoms with E-state index < -0.39 is 59.4 Å². The molecule has 2 heterocycles. The van der Waals surface area contributed by atoms with Gasteiger partial charge in [-0.3, -0.25) is 14.6 Å². The highest BCUT2D eigenvalue weighted by Gasteiger charge is 2.61. The Morgan fingerprint density at radius 3 is 2.56 bits per heavy atom. The third kappa shape index (κ3) is 4.22. The fourth-order valence-corrected chi connectivity index (χ4v) is 3.53. The van der Waals surface area contributed by atoms with Crippen LogP contribution in [0.4, 0.5) is 27.6 Å². The number of nitrogens with one attached hydrogen (secondary N) is 1. The van der Waals surface area contributed by atoms with Gasteiger partial charge in [0.2, 0.25) is 5.82 Å². The van der Waals surface area contributed by atoms with Gasteiger partial charge in [0.1, 0.15) is 11.8 Å². The Labute approximate surface area is 178 Å². The van der Waals surface area contributed by atoms with Crippen molar-refractivity contribution >= 4 is 17.5 Å². The molecule has 0 radical (unpaired) electrons. The first kappa shape index (κ1) is 23.4. The van der Waals surface area contributed by atoms with Crippen molar-refractivity contribution in [2.75, 3.05) is 12.4 Å². The van der Waals surface area contributed by atoms with Crippen LogP contribution in [0, 0.1) is 11.6 Å². The molecule has 3 rings (SSSR count). The SMILES string of the molecule is COc1c([C@H]2C[C@](C)(C(F)(F)F)O[C@@H]2C(=O)Nc2ccnc(C(N)=O)c2)ccc(F)c1F. The number of hydrogen-bond donors (Lipinski definition) is 2. The van der Waals surface area contributed by atoms with E-state index in [2.05, 4.69) is 10.3 Å². The zero-order valence-electron chi connectivity index (χ0n) is 16.8. The molecular weight excluding hydrogens is 441 g/mol. The summed E-state index contributed by atoms with van der Waals surface area (Å²) >= 11 is 0. The van der Waals surface area contributed by atoms with E-state index in [1.165, 1.54) is 12.3 Å². The lowest BCUT2D eigenvalue weighted by Gasteiger charge is -2.27. The molecule has 1 aromatic heterocycles. The summed E-state index contributed by atoms with van der Waals surface area (Å²) in [5, 5.41) is 2.34. The number of anilines is 1. The van der Waals surface area contributed by atoms with Gasteiger partial charge in [-0.1, -0.05) is 6.07 Å². The van der Waals surface area contributed by atoms with Gasteiger partial charge in [0.05, 0.1) is 7.11 Å². The zero-order chi connectivity index (χ0) is 23.8. The number of primary amides is 1.